The van der Waals surface area contributed by atoms with Crippen LogP contribution in [0.2, 0.25) is 0 Å². The van der Waals surface area contributed by atoms with E-state index in [4.69, 9.17) is 10.2 Å². The Labute approximate surface area is 87.2 Å². The van der Waals surface area contributed by atoms with Crippen LogP contribution in [-0.4, -0.2) is 16.2 Å². The highest BCUT2D eigenvalue weighted by Gasteiger charge is 2.37. The van der Waals surface area contributed by atoms with Gasteiger partial charge in [-0.2, -0.15) is 0 Å². The standard InChI is InChI=1S/C11H13FO3/c1-7(10(14)15)11(2,12)8-3-5-9(13)6-4-8/h3-7,13H,1-2H3,(H,14,15). The highest BCUT2D eigenvalue weighted by atomic mass is 19.1. The summed E-state index contributed by atoms with van der Waals surface area (Å²) in [4.78, 5) is 10.7. The van der Waals surface area contributed by atoms with E-state index in [1.54, 1.807) is 0 Å². The zero-order valence-electron chi connectivity index (χ0n) is 8.57. The molecule has 0 fully saturated rings. The Balaban J connectivity index is 3.05. The number of aromatic hydroxyl groups is 1. The Morgan fingerprint density at radius 3 is 2.27 bits per heavy atom. The van der Waals surface area contributed by atoms with Gasteiger partial charge in [0.2, 0.25) is 0 Å². The van der Waals surface area contributed by atoms with E-state index in [-0.39, 0.29) is 11.3 Å². The summed E-state index contributed by atoms with van der Waals surface area (Å²) in [6, 6.07) is 5.44. The molecule has 2 unspecified atom stereocenters. The normalized spacial score (nSPS) is 16.7. The fourth-order valence-corrected chi connectivity index (χ4v) is 1.27. The molecule has 0 saturated heterocycles. The number of carboxylic acid groups (broad SMARTS) is 1. The van der Waals surface area contributed by atoms with Crippen LogP contribution in [0, 0.1) is 5.92 Å². The van der Waals surface area contributed by atoms with Gasteiger partial charge in [-0.15, -0.1) is 0 Å². The first-order valence-electron chi connectivity index (χ1n) is 4.57. The van der Waals surface area contributed by atoms with Crippen molar-refractivity contribution < 1.29 is 19.4 Å². The van der Waals surface area contributed by atoms with Crippen molar-refractivity contribution in [3.05, 3.63) is 29.8 Å². The molecule has 82 valence electrons. The summed E-state index contributed by atoms with van der Waals surface area (Å²) in [6.45, 7) is 2.54. The lowest BCUT2D eigenvalue weighted by molar-refractivity contribution is -0.146. The number of alkyl halides is 1. The predicted molar refractivity (Wildman–Crippen MR) is 53.4 cm³/mol. The molecule has 1 aromatic rings. The van der Waals surface area contributed by atoms with Gasteiger partial charge in [0.25, 0.3) is 0 Å². The van der Waals surface area contributed by atoms with Gasteiger partial charge >= 0.3 is 5.97 Å². The number of hydrogen-bond donors (Lipinski definition) is 2. The molecule has 0 aromatic heterocycles. The van der Waals surface area contributed by atoms with Gasteiger partial charge in [-0.05, 0) is 31.5 Å². The van der Waals surface area contributed by atoms with Crippen LogP contribution in [-0.2, 0) is 10.5 Å². The number of rotatable bonds is 3. The molecule has 0 radical (unpaired) electrons. The summed E-state index contributed by atoms with van der Waals surface area (Å²) >= 11 is 0. The number of hydrogen-bond acceptors (Lipinski definition) is 2. The quantitative estimate of drug-likeness (QED) is 0.808. The van der Waals surface area contributed by atoms with Crippen LogP contribution in [0.4, 0.5) is 4.39 Å². The summed E-state index contributed by atoms with van der Waals surface area (Å²) < 4.78 is 14.1. The molecule has 0 aliphatic heterocycles. The molecule has 0 spiro atoms. The maximum atomic E-state index is 14.1. The number of halogens is 1. The van der Waals surface area contributed by atoms with E-state index < -0.39 is 17.6 Å². The summed E-state index contributed by atoms with van der Waals surface area (Å²) in [5.74, 6) is -2.30. The third kappa shape index (κ3) is 2.26. The van der Waals surface area contributed by atoms with Gasteiger partial charge < -0.3 is 10.2 Å². The topological polar surface area (TPSA) is 57.5 Å². The van der Waals surface area contributed by atoms with Gasteiger partial charge in [-0.1, -0.05) is 12.1 Å². The van der Waals surface area contributed by atoms with E-state index in [2.05, 4.69) is 0 Å². The fourth-order valence-electron chi connectivity index (χ4n) is 1.27. The molecule has 2 atom stereocenters. The number of aliphatic carboxylic acids is 1. The highest BCUT2D eigenvalue weighted by Crippen LogP contribution is 2.34. The van der Waals surface area contributed by atoms with Crippen molar-refractivity contribution in [2.24, 2.45) is 5.92 Å². The zero-order chi connectivity index (χ0) is 11.6. The molecule has 0 aliphatic carbocycles. The second-order valence-corrected chi connectivity index (χ2v) is 3.68. The maximum Gasteiger partial charge on any atom is 0.309 e. The molecule has 0 amide bonds. The number of carbonyl (C=O) groups is 1. The number of phenols is 1. The van der Waals surface area contributed by atoms with E-state index in [0.717, 1.165) is 0 Å². The summed E-state index contributed by atoms with van der Waals surface area (Å²) in [6.07, 6.45) is 0. The van der Waals surface area contributed by atoms with Crippen molar-refractivity contribution in [2.75, 3.05) is 0 Å². The van der Waals surface area contributed by atoms with E-state index in [0.29, 0.717) is 0 Å². The molecular weight excluding hydrogens is 199 g/mol. The van der Waals surface area contributed by atoms with Crippen LogP contribution in [0.1, 0.15) is 19.4 Å². The minimum absolute atomic E-state index is 0.0255. The number of benzene rings is 1. The van der Waals surface area contributed by atoms with Gasteiger partial charge in [-0.25, -0.2) is 4.39 Å². The Morgan fingerprint density at radius 2 is 1.87 bits per heavy atom. The van der Waals surface area contributed by atoms with E-state index >= 15 is 0 Å². The van der Waals surface area contributed by atoms with Crippen LogP contribution in [0.15, 0.2) is 24.3 Å². The maximum absolute atomic E-state index is 14.1. The molecule has 1 aromatic carbocycles. The van der Waals surface area contributed by atoms with Crippen LogP contribution >= 0.6 is 0 Å². The average molecular weight is 212 g/mol. The van der Waals surface area contributed by atoms with Crippen LogP contribution < -0.4 is 0 Å². The van der Waals surface area contributed by atoms with Crippen LogP contribution in [0.5, 0.6) is 5.75 Å². The van der Waals surface area contributed by atoms with Gasteiger partial charge in [0.1, 0.15) is 11.4 Å². The monoisotopic (exact) mass is 212 g/mol. The van der Waals surface area contributed by atoms with Crippen molar-refractivity contribution in [1.82, 2.24) is 0 Å². The van der Waals surface area contributed by atoms with Crippen molar-refractivity contribution in [2.45, 2.75) is 19.5 Å². The molecule has 0 aliphatic rings. The van der Waals surface area contributed by atoms with E-state index in [1.807, 2.05) is 0 Å². The predicted octanol–water partition coefficient (Wildman–Crippen LogP) is 2.30. The minimum atomic E-state index is -1.94. The van der Waals surface area contributed by atoms with Gasteiger partial charge in [-0.3, -0.25) is 4.79 Å². The lowest BCUT2D eigenvalue weighted by Crippen LogP contribution is -2.31. The molecule has 1 rings (SSSR count). The first-order valence-corrected chi connectivity index (χ1v) is 4.57. The Bertz CT molecular complexity index is 357. The fraction of sp³-hybridized carbons (Fsp3) is 0.364. The number of phenolic OH excluding ortho intramolecular Hbond substituents is 1. The summed E-state index contributed by atoms with van der Waals surface area (Å²) in [5, 5.41) is 17.8. The van der Waals surface area contributed by atoms with Crippen molar-refractivity contribution in [3.8, 4) is 5.75 Å². The smallest absolute Gasteiger partial charge is 0.309 e. The second kappa shape index (κ2) is 3.88. The Hall–Kier alpha value is -1.58. The molecule has 0 heterocycles. The molecule has 0 bridgehead atoms. The van der Waals surface area contributed by atoms with E-state index in [1.165, 1.54) is 38.1 Å². The first-order chi connectivity index (χ1) is 6.85. The largest absolute Gasteiger partial charge is 0.508 e. The SMILES string of the molecule is CC(C(=O)O)C(C)(F)c1ccc(O)cc1. The van der Waals surface area contributed by atoms with Crippen molar-refractivity contribution in [1.29, 1.82) is 0 Å². The molecule has 15 heavy (non-hydrogen) atoms. The molecule has 2 N–H and O–H groups in total. The first kappa shape index (κ1) is 11.5. The van der Waals surface area contributed by atoms with Gasteiger partial charge in [0.05, 0.1) is 5.92 Å². The van der Waals surface area contributed by atoms with Crippen LogP contribution in [0.25, 0.3) is 0 Å². The lowest BCUT2D eigenvalue weighted by Gasteiger charge is -2.24. The molecular formula is C11H13FO3. The van der Waals surface area contributed by atoms with Crippen LogP contribution in [0.3, 0.4) is 0 Å². The average Bonchev–Trinajstić information content (AvgIpc) is 2.17. The third-order valence-corrected chi connectivity index (χ3v) is 2.62. The van der Waals surface area contributed by atoms with Crippen molar-refractivity contribution in [3.63, 3.8) is 0 Å². The van der Waals surface area contributed by atoms with Gasteiger partial charge in [0, 0.05) is 0 Å². The number of carboxylic acids is 1. The van der Waals surface area contributed by atoms with Gasteiger partial charge in [0.15, 0.2) is 0 Å². The highest BCUT2D eigenvalue weighted by molar-refractivity contribution is 5.71. The minimum Gasteiger partial charge on any atom is -0.508 e. The Morgan fingerprint density at radius 1 is 1.40 bits per heavy atom. The summed E-state index contributed by atoms with van der Waals surface area (Å²) in [5.41, 5.74) is -1.70. The third-order valence-electron chi connectivity index (χ3n) is 2.62. The van der Waals surface area contributed by atoms with Crippen molar-refractivity contribution >= 4 is 5.97 Å². The second-order valence-electron chi connectivity index (χ2n) is 3.68. The lowest BCUT2D eigenvalue weighted by atomic mass is 9.86. The van der Waals surface area contributed by atoms with E-state index in [9.17, 15) is 9.18 Å². The molecule has 0 saturated carbocycles. The zero-order valence-corrected chi connectivity index (χ0v) is 8.57. The Kier molecular flexibility index (Phi) is 2.98. The molecule has 3 nitrogen and oxygen atoms in total. The molecule has 4 heteroatoms. The summed E-state index contributed by atoms with van der Waals surface area (Å²) in [7, 11) is 0.